The predicted octanol–water partition coefficient (Wildman–Crippen LogP) is 4.09. The van der Waals surface area contributed by atoms with E-state index in [2.05, 4.69) is 4.98 Å². The number of alkyl halides is 1. The maximum atomic E-state index is 13.5. The zero-order valence-corrected chi connectivity index (χ0v) is 11.2. The van der Waals surface area contributed by atoms with Crippen LogP contribution in [-0.4, -0.2) is 15.4 Å². The average molecular weight is 293 g/mol. The van der Waals surface area contributed by atoms with Crippen LogP contribution in [0.2, 0.25) is 0 Å². The first-order chi connectivity index (χ1) is 9.69. The molecular formula is C15H11ClF2N2. The lowest BCUT2D eigenvalue weighted by Gasteiger charge is -2.08. The Morgan fingerprint density at radius 1 is 1.00 bits per heavy atom. The molecule has 0 saturated heterocycles. The highest BCUT2D eigenvalue weighted by molar-refractivity contribution is 6.17. The van der Waals surface area contributed by atoms with Gasteiger partial charge in [0.1, 0.15) is 17.5 Å². The van der Waals surface area contributed by atoms with Gasteiger partial charge in [-0.2, -0.15) is 0 Å². The summed E-state index contributed by atoms with van der Waals surface area (Å²) < 4.78 is 28.3. The summed E-state index contributed by atoms with van der Waals surface area (Å²) in [7, 11) is 0. The molecule has 0 radical (unpaired) electrons. The molecule has 0 N–H and O–H groups in total. The van der Waals surface area contributed by atoms with Gasteiger partial charge in [0.2, 0.25) is 0 Å². The van der Waals surface area contributed by atoms with Crippen LogP contribution in [0.4, 0.5) is 8.78 Å². The second-order valence-corrected chi connectivity index (χ2v) is 4.79. The van der Waals surface area contributed by atoms with Gasteiger partial charge in [-0.05, 0) is 36.4 Å². The lowest BCUT2D eigenvalue weighted by Crippen LogP contribution is -2.02. The Labute approximate surface area is 119 Å². The number of aryl methyl sites for hydroxylation is 1. The van der Waals surface area contributed by atoms with Crippen molar-refractivity contribution in [3.63, 3.8) is 0 Å². The Morgan fingerprint density at radius 3 is 2.40 bits per heavy atom. The summed E-state index contributed by atoms with van der Waals surface area (Å²) >= 11 is 5.79. The van der Waals surface area contributed by atoms with E-state index >= 15 is 0 Å². The van der Waals surface area contributed by atoms with Crippen LogP contribution in [0, 0.1) is 11.6 Å². The second-order valence-electron chi connectivity index (χ2n) is 4.41. The van der Waals surface area contributed by atoms with Gasteiger partial charge in [0.15, 0.2) is 0 Å². The van der Waals surface area contributed by atoms with E-state index in [-0.39, 0.29) is 11.6 Å². The molecule has 5 heteroatoms. The fraction of sp³-hybridized carbons (Fsp3) is 0.133. The Hall–Kier alpha value is -1.94. The maximum absolute atomic E-state index is 13.5. The zero-order chi connectivity index (χ0) is 14.1. The highest BCUT2D eigenvalue weighted by atomic mass is 35.5. The number of rotatable bonds is 3. The normalized spacial score (nSPS) is 11.2. The highest BCUT2D eigenvalue weighted by Gasteiger charge is 2.12. The molecule has 0 aliphatic carbocycles. The molecule has 0 bridgehead atoms. The minimum atomic E-state index is -0.335. The molecule has 1 heterocycles. The topological polar surface area (TPSA) is 17.8 Å². The predicted molar refractivity (Wildman–Crippen MR) is 75.4 cm³/mol. The summed E-state index contributed by atoms with van der Waals surface area (Å²) in [6, 6.07) is 10.4. The van der Waals surface area contributed by atoms with Crippen LogP contribution in [0.25, 0.3) is 16.7 Å². The number of benzene rings is 2. The van der Waals surface area contributed by atoms with Crippen molar-refractivity contribution in [2.24, 2.45) is 0 Å². The molecule has 1 aromatic heterocycles. The van der Waals surface area contributed by atoms with Gasteiger partial charge in [-0.1, -0.05) is 0 Å². The number of hydrogen-bond acceptors (Lipinski definition) is 1. The molecule has 102 valence electrons. The van der Waals surface area contributed by atoms with E-state index in [1.54, 1.807) is 22.8 Å². The molecule has 0 aliphatic heterocycles. The number of fused-ring (bicyclic) bond motifs is 1. The third-order valence-electron chi connectivity index (χ3n) is 3.09. The smallest absolute Gasteiger partial charge is 0.125 e. The van der Waals surface area contributed by atoms with Crippen molar-refractivity contribution in [2.75, 3.05) is 5.88 Å². The van der Waals surface area contributed by atoms with Crippen molar-refractivity contribution in [1.82, 2.24) is 9.55 Å². The first-order valence-corrected chi connectivity index (χ1v) is 6.71. The Balaban J connectivity index is 2.27. The van der Waals surface area contributed by atoms with E-state index in [1.807, 2.05) is 0 Å². The van der Waals surface area contributed by atoms with E-state index < -0.39 is 0 Å². The minimum absolute atomic E-state index is 0.316. The summed E-state index contributed by atoms with van der Waals surface area (Å²) in [5.41, 5.74) is 2.08. The van der Waals surface area contributed by atoms with E-state index in [4.69, 9.17) is 11.6 Å². The van der Waals surface area contributed by atoms with Crippen LogP contribution >= 0.6 is 11.6 Å². The third kappa shape index (κ3) is 2.27. The standard InChI is InChI=1S/C15H11ClF2N2/c16-8-7-15-19-13-6-3-11(18)9-14(13)20(15)12-4-1-10(17)2-5-12/h1-6,9H,7-8H2. The van der Waals surface area contributed by atoms with Gasteiger partial charge in [-0.25, -0.2) is 13.8 Å². The van der Waals surface area contributed by atoms with Gasteiger partial charge < -0.3 is 0 Å². The average Bonchev–Trinajstić information content (AvgIpc) is 2.78. The lowest BCUT2D eigenvalue weighted by molar-refractivity contribution is 0.626. The summed E-state index contributed by atoms with van der Waals surface area (Å²) in [5.74, 6) is 0.487. The van der Waals surface area contributed by atoms with Gasteiger partial charge in [0, 0.05) is 24.1 Å². The molecule has 3 rings (SSSR count). The molecule has 0 amide bonds. The largest absolute Gasteiger partial charge is 0.296 e. The molecule has 0 atom stereocenters. The van der Waals surface area contributed by atoms with E-state index in [1.165, 1.54) is 24.3 Å². The monoisotopic (exact) mass is 292 g/mol. The summed E-state index contributed by atoms with van der Waals surface area (Å²) in [4.78, 5) is 4.46. The van der Waals surface area contributed by atoms with Crippen molar-refractivity contribution in [2.45, 2.75) is 6.42 Å². The number of imidazole rings is 1. The molecule has 0 fully saturated rings. The highest BCUT2D eigenvalue weighted by Crippen LogP contribution is 2.23. The van der Waals surface area contributed by atoms with Gasteiger partial charge in [-0.15, -0.1) is 11.6 Å². The molecule has 0 spiro atoms. The first kappa shape index (κ1) is 13.1. The second kappa shape index (κ2) is 5.21. The first-order valence-electron chi connectivity index (χ1n) is 6.18. The Bertz CT molecular complexity index is 750. The van der Waals surface area contributed by atoms with Gasteiger partial charge in [0.05, 0.1) is 11.0 Å². The lowest BCUT2D eigenvalue weighted by atomic mass is 10.2. The molecular weight excluding hydrogens is 282 g/mol. The van der Waals surface area contributed by atoms with E-state index in [0.29, 0.717) is 23.3 Å². The summed E-state index contributed by atoms with van der Waals surface area (Å²) in [6.45, 7) is 0. The van der Waals surface area contributed by atoms with Gasteiger partial charge in [-0.3, -0.25) is 4.57 Å². The molecule has 0 saturated carbocycles. The van der Waals surface area contributed by atoms with Crippen molar-refractivity contribution < 1.29 is 8.78 Å². The molecule has 0 unspecified atom stereocenters. The fourth-order valence-electron chi connectivity index (χ4n) is 2.23. The van der Waals surface area contributed by atoms with E-state index in [0.717, 1.165) is 11.5 Å². The van der Waals surface area contributed by atoms with Crippen LogP contribution in [0.15, 0.2) is 42.5 Å². The van der Waals surface area contributed by atoms with Crippen LogP contribution in [0.5, 0.6) is 0 Å². The van der Waals surface area contributed by atoms with Gasteiger partial charge in [0.25, 0.3) is 0 Å². The molecule has 2 aromatic carbocycles. The maximum Gasteiger partial charge on any atom is 0.125 e. The number of aromatic nitrogens is 2. The number of halogens is 3. The Morgan fingerprint density at radius 2 is 1.70 bits per heavy atom. The summed E-state index contributed by atoms with van der Waals surface area (Å²) in [5, 5.41) is 0. The van der Waals surface area contributed by atoms with Gasteiger partial charge >= 0.3 is 0 Å². The number of nitrogens with zero attached hydrogens (tertiary/aromatic N) is 2. The van der Waals surface area contributed by atoms with Crippen molar-refractivity contribution in [3.8, 4) is 5.69 Å². The summed E-state index contributed by atoms with van der Waals surface area (Å²) in [6.07, 6.45) is 0.551. The minimum Gasteiger partial charge on any atom is -0.296 e. The molecule has 2 nitrogen and oxygen atoms in total. The zero-order valence-electron chi connectivity index (χ0n) is 10.5. The fourth-order valence-corrected chi connectivity index (χ4v) is 2.40. The van der Waals surface area contributed by atoms with Crippen LogP contribution in [0.3, 0.4) is 0 Å². The van der Waals surface area contributed by atoms with Crippen molar-refractivity contribution in [3.05, 3.63) is 59.9 Å². The van der Waals surface area contributed by atoms with E-state index in [9.17, 15) is 8.78 Å². The van der Waals surface area contributed by atoms with Crippen LogP contribution in [0.1, 0.15) is 5.82 Å². The Kier molecular flexibility index (Phi) is 3.40. The molecule has 20 heavy (non-hydrogen) atoms. The van der Waals surface area contributed by atoms with Crippen LogP contribution in [-0.2, 0) is 6.42 Å². The number of hydrogen-bond donors (Lipinski definition) is 0. The molecule has 0 aliphatic rings. The quantitative estimate of drug-likeness (QED) is 0.665. The molecule has 3 aromatic rings. The third-order valence-corrected chi connectivity index (χ3v) is 3.28. The van der Waals surface area contributed by atoms with Crippen LogP contribution < -0.4 is 0 Å². The SMILES string of the molecule is Fc1ccc(-n2c(CCCl)nc3ccc(F)cc32)cc1. The van der Waals surface area contributed by atoms with Crippen molar-refractivity contribution >= 4 is 22.6 Å². The van der Waals surface area contributed by atoms with Crippen molar-refractivity contribution in [1.29, 1.82) is 0 Å².